The van der Waals surface area contributed by atoms with Crippen LogP contribution in [-0.2, 0) is 9.59 Å². The predicted molar refractivity (Wildman–Crippen MR) is 61.8 cm³/mol. The third-order valence-electron chi connectivity index (χ3n) is 1.91. The molecule has 0 aliphatic heterocycles. The molecule has 0 aromatic rings. The molecule has 1 atom stereocenters. The van der Waals surface area contributed by atoms with E-state index >= 15 is 0 Å². The van der Waals surface area contributed by atoms with E-state index in [0.29, 0.717) is 25.8 Å². The lowest BCUT2D eigenvalue weighted by Crippen LogP contribution is -2.34. The number of aliphatic hydroxyl groups is 1. The number of nitrogens with one attached hydrogen (secondary N) is 2. The Labute approximate surface area is 96.6 Å². The summed E-state index contributed by atoms with van der Waals surface area (Å²) in [6.45, 7) is 5.76. The molecule has 5 heteroatoms. The highest BCUT2D eigenvalue weighted by Crippen LogP contribution is 1.95. The Hall–Kier alpha value is -1.10. The Bertz CT molecular complexity index is 227. The van der Waals surface area contributed by atoms with Crippen molar-refractivity contribution in [2.75, 3.05) is 6.54 Å². The van der Waals surface area contributed by atoms with E-state index < -0.39 is 6.10 Å². The summed E-state index contributed by atoms with van der Waals surface area (Å²) in [6, 6.07) is 0.124. The van der Waals surface area contributed by atoms with Crippen LogP contribution in [-0.4, -0.2) is 35.6 Å². The normalized spacial score (nSPS) is 12.3. The Morgan fingerprint density at radius 2 is 1.75 bits per heavy atom. The fourth-order valence-corrected chi connectivity index (χ4v) is 1.14. The second-order valence-electron chi connectivity index (χ2n) is 4.21. The minimum atomic E-state index is -0.463. The molecule has 94 valence electrons. The molecule has 0 radical (unpaired) electrons. The second kappa shape index (κ2) is 8.10. The van der Waals surface area contributed by atoms with Gasteiger partial charge in [0.1, 0.15) is 0 Å². The number of amides is 2. The first-order chi connectivity index (χ1) is 7.41. The van der Waals surface area contributed by atoms with Crippen molar-refractivity contribution >= 4 is 11.8 Å². The topological polar surface area (TPSA) is 78.4 Å². The summed E-state index contributed by atoms with van der Waals surface area (Å²) >= 11 is 0. The highest BCUT2D eigenvalue weighted by Gasteiger charge is 2.06. The molecule has 0 spiro atoms. The van der Waals surface area contributed by atoms with Gasteiger partial charge in [-0.25, -0.2) is 0 Å². The average Bonchev–Trinajstić information content (AvgIpc) is 2.13. The van der Waals surface area contributed by atoms with Crippen molar-refractivity contribution in [2.24, 2.45) is 0 Å². The highest BCUT2D eigenvalue weighted by molar-refractivity contribution is 5.79. The average molecular weight is 230 g/mol. The van der Waals surface area contributed by atoms with E-state index in [0.717, 1.165) is 0 Å². The van der Waals surface area contributed by atoms with E-state index in [1.165, 1.54) is 0 Å². The van der Waals surface area contributed by atoms with Crippen LogP contribution in [0, 0.1) is 0 Å². The lowest BCUT2D eigenvalue weighted by molar-refractivity contribution is -0.122. The smallest absolute Gasteiger partial charge is 0.221 e. The van der Waals surface area contributed by atoms with Crippen molar-refractivity contribution in [2.45, 2.75) is 52.2 Å². The van der Waals surface area contributed by atoms with Gasteiger partial charge in [-0.3, -0.25) is 9.59 Å². The van der Waals surface area contributed by atoms with Gasteiger partial charge < -0.3 is 15.7 Å². The van der Waals surface area contributed by atoms with E-state index in [1.807, 2.05) is 13.8 Å². The largest absolute Gasteiger partial charge is 0.393 e. The molecule has 0 saturated carbocycles. The van der Waals surface area contributed by atoms with Crippen LogP contribution in [0.2, 0.25) is 0 Å². The molecule has 0 aliphatic rings. The van der Waals surface area contributed by atoms with Crippen molar-refractivity contribution in [3.05, 3.63) is 0 Å². The Kier molecular flexibility index (Phi) is 7.54. The molecule has 1 unspecified atom stereocenters. The van der Waals surface area contributed by atoms with Gasteiger partial charge in [0, 0.05) is 25.4 Å². The number of carbonyl (C=O) groups is 2. The third-order valence-corrected chi connectivity index (χ3v) is 1.91. The number of rotatable bonds is 7. The van der Waals surface area contributed by atoms with Crippen LogP contribution in [0.25, 0.3) is 0 Å². The van der Waals surface area contributed by atoms with Crippen molar-refractivity contribution in [1.82, 2.24) is 10.6 Å². The van der Waals surface area contributed by atoms with Crippen LogP contribution in [0.15, 0.2) is 0 Å². The first-order valence-corrected chi connectivity index (χ1v) is 5.66. The maximum absolute atomic E-state index is 11.2. The molecule has 3 N–H and O–H groups in total. The Morgan fingerprint density at radius 3 is 2.25 bits per heavy atom. The zero-order chi connectivity index (χ0) is 12.6. The maximum atomic E-state index is 11.2. The van der Waals surface area contributed by atoms with Gasteiger partial charge in [0.15, 0.2) is 0 Å². The molecule has 0 aromatic carbocycles. The van der Waals surface area contributed by atoms with Gasteiger partial charge in [-0.2, -0.15) is 0 Å². The number of hydrogen-bond donors (Lipinski definition) is 3. The summed E-state index contributed by atoms with van der Waals surface area (Å²) in [5.74, 6) is -0.191. The molecule has 0 aliphatic carbocycles. The zero-order valence-electron chi connectivity index (χ0n) is 10.2. The lowest BCUT2D eigenvalue weighted by Gasteiger charge is -2.09. The van der Waals surface area contributed by atoms with E-state index in [-0.39, 0.29) is 17.9 Å². The van der Waals surface area contributed by atoms with E-state index in [4.69, 9.17) is 5.11 Å². The molecular weight excluding hydrogens is 208 g/mol. The summed E-state index contributed by atoms with van der Waals surface area (Å²) in [6.07, 6.45) is 0.571. The fourth-order valence-electron chi connectivity index (χ4n) is 1.14. The summed E-state index contributed by atoms with van der Waals surface area (Å²) < 4.78 is 0. The van der Waals surface area contributed by atoms with E-state index in [9.17, 15) is 9.59 Å². The third kappa shape index (κ3) is 9.45. The van der Waals surface area contributed by atoms with E-state index in [1.54, 1.807) is 6.92 Å². The van der Waals surface area contributed by atoms with Crippen LogP contribution >= 0.6 is 0 Å². The molecule has 0 rings (SSSR count). The van der Waals surface area contributed by atoms with Gasteiger partial charge in [-0.1, -0.05) is 0 Å². The number of hydrogen-bond acceptors (Lipinski definition) is 3. The van der Waals surface area contributed by atoms with Gasteiger partial charge >= 0.3 is 0 Å². The predicted octanol–water partition coefficient (Wildman–Crippen LogP) is 0.178. The molecule has 16 heavy (non-hydrogen) atoms. The molecule has 0 aromatic heterocycles. The van der Waals surface area contributed by atoms with Gasteiger partial charge in [0.25, 0.3) is 0 Å². The maximum Gasteiger partial charge on any atom is 0.221 e. The van der Waals surface area contributed by atoms with Crippen LogP contribution in [0.1, 0.15) is 40.0 Å². The van der Waals surface area contributed by atoms with Crippen LogP contribution in [0.5, 0.6) is 0 Å². The van der Waals surface area contributed by atoms with Gasteiger partial charge in [-0.15, -0.1) is 0 Å². The number of carbonyl (C=O) groups excluding carboxylic acids is 2. The minimum Gasteiger partial charge on any atom is -0.393 e. The molecular formula is C11H22N2O3. The quantitative estimate of drug-likeness (QED) is 0.583. The van der Waals surface area contributed by atoms with Crippen molar-refractivity contribution in [3.63, 3.8) is 0 Å². The molecule has 0 fully saturated rings. The number of aliphatic hydroxyl groups excluding tert-OH is 1. The molecule has 0 bridgehead atoms. The van der Waals surface area contributed by atoms with Gasteiger partial charge in [0.2, 0.25) is 11.8 Å². The molecule has 0 saturated heterocycles. The SMILES string of the molecule is CC(O)CCC(=O)NCCC(=O)NC(C)C. The van der Waals surface area contributed by atoms with Gasteiger partial charge in [-0.05, 0) is 27.2 Å². The molecule has 2 amide bonds. The van der Waals surface area contributed by atoms with Crippen molar-refractivity contribution < 1.29 is 14.7 Å². The first kappa shape index (κ1) is 14.9. The zero-order valence-corrected chi connectivity index (χ0v) is 10.2. The summed E-state index contributed by atoms with van der Waals surface area (Å²) in [7, 11) is 0. The second-order valence-corrected chi connectivity index (χ2v) is 4.21. The van der Waals surface area contributed by atoms with E-state index in [2.05, 4.69) is 10.6 Å². The Morgan fingerprint density at radius 1 is 1.12 bits per heavy atom. The standard InChI is InChI=1S/C11H22N2O3/c1-8(2)13-11(16)6-7-12-10(15)5-4-9(3)14/h8-9,14H,4-7H2,1-3H3,(H,12,15)(H,13,16). The molecule has 5 nitrogen and oxygen atoms in total. The first-order valence-electron chi connectivity index (χ1n) is 5.66. The summed E-state index contributed by atoms with van der Waals surface area (Å²) in [5, 5.41) is 14.3. The Balaban J connectivity index is 3.50. The van der Waals surface area contributed by atoms with Crippen molar-refractivity contribution in [3.8, 4) is 0 Å². The van der Waals surface area contributed by atoms with Gasteiger partial charge in [0.05, 0.1) is 6.10 Å². The van der Waals surface area contributed by atoms with Crippen LogP contribution in [0.3, 0.4) is 0 Å². The fraction of sp³-hybridized carbons (Fsp3) is 0.818. The van der Waals surface area contributed by atoms with Crippen molar-refractivity contribution in [1.29, 1.82) is 0 Å². The minimum absolute atomic E-state index is 0.0640. The summed E-state index contributed by atoms with van der Waals surface area (Å²) in [5.41, 5.74) is 0. The van der Waals surface area contributed by atoms with Crippen LogP contribution in [0.4, 0.5) is 0 Å². The monoisotopic (exact) mass is 230 g/mol. The highest BCUT2D eigenvalue weighted by atomic mass is 16.3. The molecule has 0 heterocycles. The van der Waals surface area contributed by atoms with Crippen LogP contribution < -0.4 is 10.6 Å². The lowest BCUT2D eigenvalue weighted by atomic mass is 10.2. The summed E-state index contributed by atoms with van der Waals surface area (Å²) in [4.78, 5) is 22.4.